The molecule has 0 aliphatic heterocycles. The van der Waals surface area contributed by atoms with Crippen molar-refractivity contribution in [3.8, 4) is 0 Å². The van der Waals surface area contributed by atoms with Crippen LogP contribution in [0.25, 0.3) is 0 Å². The zero-order valence-electron chi connectivity index (χ0n) is 9.08. The zero-order valence-corrected chi connectivity index (χ0v) is 9.08. The molecule has 0 saturated heterocycles. The van der Waals surface area contributed by atoms with Gasteiger partial charge in [0.25, 0.3) is 5.91 Å². The van der Waals surface area contributed by atoms with E-state index in [0.29, 0.717) is 11.3 Å². The number of hydrogen-bond acceptors (Lipinski definition) is 3. The van der Waals surface area contributed by atoms with Crippen molar-refractivity contribution in [1.29, 1.82) is 0 Å². The molecule has 1 aliphatic rings. The molecule has 0 bridgehead atoms. The summed E-state index contributed by atoms with van der Waals surface area (Å²) >= 11 is 0. The first-order chi connectivity index (χ1) is 7.14. The Morgan fingerprint density at radius 2 is 2.40 bits per heavy atom. The van der Waals surface area contributed by atoms with E-state index in [0.717, 1.165) is 6.54 Å². The predicted molar refractivity (Wildman–Crippen MR) is 55.2 cm³/mol. The third-order valence-corrected chi connectivity index (χ3v) is 3.35. The third-order valence-electron chi connectivity index (χ3n) is 3.35. The quantitative estimate of drug-likeness (QED) is 0.774. The second-order valence-corrected chi connectivity index (χ2v) is 4.53. The molecule has 1 aliphatic carbocycles. The Morgan fingerprint density at radius 1 is 1.67 bits per heavy atom. The molecule has 1 aromatic heterocycles. The van der Waals surface area contributed by atoms with E-state index in [1.54, 1.807) is 0 Å². The number of carbonyl (C=O) groups excluding carboxylic acids is 1. The lowest BCUT2D eigenvalue weighted by Gasteiger charge is -2.19. The second kappa shape index (κ2) is 3.64. The largest absolute Gasteiger partial charge is 0.349 e. The lowest BCUT2D eigenvalue weighted by Crippen LogP contribution is -2.33. The van der Waals surface area contributed by atoms with Crippen molar-refractivity contribution in [3.05, 3.63) is 12.2 Å². The monoisotopic (exact) mass is 208 g/mol. The van der Waals surface area contributed by atoms with E-state index in [1.165, 1.54) is 19.2 Å². The zero-order chi connectivity index (χ0) is 10.9. The number of hydrogen-bond donors (Lipinski definition) is 2. The van der Waals surface area contributed by atoms with Crippen molar-refractivity contribution in [3.63, 3.8) is 0 Å². The molecule has 0 aromatic carbocycles. The van der Waals surface area contributed by atoms with E-state index in [9.17, 15) is 4.79 Å². The molecule has 0 radical (unpaired) electrons. The summed E-state index contributed by atoms with van der Waals surface area (Å²) in [6.07, 6.45) is 3.76. The molecule has 2 rings (SSSR count). The van der Waals surface area contributed by atoms with Crippen molar-refractivity contribution in [1.82, 2.24) is 20.5 Å². The van der Waals surface area contributed by atoms with E-state index in [2.05, 4.69) is 34.3 Å². The molecule has 1 saturated carbocycles. The third kappa shape index (κ3) is 2.00. The van der Waals surface area contributed by atoms with Crippen molar-refractivity contribution in [2.45, 2.75) is 26.7 Å². The summed E-state index contributed by atoms with van der Waals surface area (Å²) in [6.45, 7) is 5.14. The fraction of sp³-hybridized carbons (Fsp3) is 0.700. The number of aromatic nitrogens is 3. The van der Waals surface area contributed by atoms with Gasteiger partial charge in [-0.1, -0.05) is 13.8 Å². The van der Waals surface area contributed by atoms with Gasteiger partial charge in [0.15, 0.2) is 0 Å². The van der Waals surface area contributed by atoms with Gasteiger partial charge in [-0.05, 0) is 24.2 Å². The van der Waals surface area contributed by atoms with Crippen molar-refractivity contribution >= 4 is 5.91 Å². The van der Waals surface area contributed by atoms with Crippen LogP contribution in [0.15, 0.2) is 6.33 Å². The number of aromatic amines is 1. The average Bonchev–Trinajstić information content (AvgIpc) is 2.80. The van der Waals surface area contributed by atoms with Gasteiger partial charge in [0.05, 0.1) is 0 Å². The van der Waals surface area contributed by atoms with Crippen molar-refractivity contribution < 1.29 is 4.79 Å². The molecule has 0 spiro atoms. The van der Waals surface area contributed by atoms with Crippen LogP contribution in [0.4, 0.5) is 0 Å². The minimum Gasteiger partial charge on any atom is -0.349 e. The van der Waals surface area contributed by atoms with Gasteiger partial charge >= 0.3 is 0 Å². The number of H-pyrrole nitrogens is 1. The first-order valence-electron chi connectivity index (χ1n) is 5.28. The Labute approximate surface area is 88.7 Å². The van der Waals surface area contributed by atoms with Crippen LogP contribution in [0, 0.1) is 11.3 Å². The molecule has 5 heteroatoms. The molecule has 1 fully saturated rings. The molecule has 1 aromatic rings. The van der Waals surface area contributed by atoms with Gasteiger partial charge in [0.2, 0.25) is 5.82 Å². The van der Waals surface area contributed by atoms with Gasteiger partial charge < -0.3 is 5.32 Å². The summed E-state index contributed by atoms with van der Waals surface area (Å²) in [5.41, 5.74) is 0.329. The number of carbonyl (C=O) groups is 1. The Bertz CT molecular complexity index is 340. The van der Waals surface area contributed by atoms with Crippen molar-refractivity contribution in [2.75, 3.05) is 6.54 Å². The smallest absolute Gasteiger partial charge is 0.288 e. The van der Waals surface area contributed by atoms with Gasteiger partial charge in [0.1, 0.15) is 6.33 Å². The Hall–Kier alpha value is -1.39. The highest BCUT2D eigenvalue weighted by Gasteiger charge is 2.45. The van der Waals surface area contributed by atoms with Crippen molar-refractivity contribution in [2.24, 2.45) is 11.3 Å². The first kappa shape index (κ1) is 10.1. The highest BCUT2D eigenvalue weighted by atomic mass is 16.2. The standard InChI is InChI=1S/C10H16N4O/c1-7(2)10(3-4-10)5-11-9(15)8-12-6-13-14-8/h6-7H,3-5H2,1-2H3,(H,11,15)(H,12,13,14). The first-order valence-corrected chi connectivity index (χ1v) is 5.28. The molecule has 0 atom stereocenters. The Balaban J connectivity index is 1.87. The maximum absolute atomic E-state index is 11.6. The molecule has 0 unspecified atom stereocenters. The van der Waals surface area contributed by atoms with Crippen LogP contribution < -0.4 is 5.32 Å². The maximum Gasteiger partial charge on any atom is 0.288 e. The van der Waals surface area contributed by atoms with E-state index in [1.807, 2.05) is 0 Å². The summed E-state index contributed by atoms with van der Waals surface area (Å²) < 4.78 is 0. The van der Waals surface area contributed by atoms with Gasteiger partial charge in [-0.25, -0.2) is 4.98 Å². The highest BCUT2D eigenvalue weighted by molar-refractivity contribution is 5.90. The number of amides is 1. The average molecular weight is 208 g/mol. The predicted octanol–water partition coefficient (Wildman–Crippen LogP) is 0.971. The number of nitrogens with zero attached hydrogens (tertiary/aromatic N) is 2. The van der Waals surface area contributed by atoms with Crippen LogP contribution in [0.2, 0.25) is 0 Å². The van der Waals surface area contributed by atoms with Crippen LogP contribution in [-0.4, -0.2) is 27.6 Å². The van der Waals surface area contributed by atoms with Gasteiger partial charge in [-0.2, -0.15) is 5.10 Å². The number of nitrogens with one attached hydrogen (secondary N) is 2. The molecule has 15 heavy (non-hydrogen) atoms. The summed E-state index contributed by atoms with van der Waals surface area (Å²) in [5.74, 6) is 0.738. The normalized spacial score (nSPS) is 17.8. The fourth-order valence-electron chi connectivity index (χ4n) is 1.77. The van der Waals surface area contributed by atoms with Gasteiger partial charge in [-0.3, -0.25) is 9.89 Å². The van der Waals surface area contributed by atoms with E-state index < -0.39 is 0 Å². The van der Waals surface area contributed by atoms with Crippen LogP contribution in [-0.2, 0) is 0 Å². The van der Waals surface area contributed by atoms with Crippen LogP contribution >= 0.6 is 0 Å². The second-order valence-electron chi connectivity index (χ2n) is 4.53. The molecule has 1 amide bonds. The lowest BCUT2D eigenvalue weighted by molar-refractivity contribution is 0.0929. The Morgan fingerprint density at radius 3 is 2.87 bits per heavy atom. The van der Waals surface area contributed by atoms with Crippen LogP contribution in [0.3, 0.4) is 0 Å². The summed E-state index contributed by atoms with van der Waals surface area (Å²) in [5, 5.41) is 9.09. The minimum absolute atomic E-state index is 0.167. The lowest BCUT2D eigenvalue weighted by atomic mass is 9.92. The minimum atomic E-state index is -0.167. The topological polar surface area (TPSA) is 70.7 Å². The van der Waals surface area contributed by atoms with E-state index in [-0.39, 0.29) is 11.7 Å². The van der Waals surface area contributed by atoms with E-state index >= 15 is 0 Å². The van der Waals surface area contributed by atoms with Gasteiger partial charge in [0, 0.05) is 6.54 Å². The van der Waals surface area contributed by atoms with Gasteiger partial charge in [-0.15, -0.1) is 0 Å². The Kier molecular flexibility index (Phi) is 2.46. The van der Waals surface area contributed by atoms with Crippen LogP contribution in [0.5, 0.6) is 0 Å². The van der Waals surface area contributed by atoms with E-state index in [4.69, 9.17) is 0 Å². The summed E-state index contributed by atoms with van der Waals surface area (Å²) in [6, 6.07) is 0. The molecule has 5 nitrogen and oxygen atoms in total. The summed E-state index contributed by atoms with van der Waals surface area (Å²) in [7, 11) is 0. The van der Waals surface area contributed by atoms with Crippen LogP contribution in [0.1, 0.15) is 37.3 Å². The SMILES string of the molecule is CC(C)C1(CNC(=O)c2ncn[nH]2)CC1. The molecule has 1 heterocycles. The maximum atomic E-state index is 11.6. The molecular weight excluding hydrogens is 192 g/mol. The fourth-order valence-corrected chi connectivity index (χ4v) is 1.77. The highest BCUT2D eigenvalue weighted by Crippen LogP contribution is 2.51. The summed E-state index contributed by atoms with van der Waals surface area (Å²) in [4.78, 5) is 15.4. The number of rotatable bonds is 4. The molecule has 2 N–H and O–H groups in total. The molecule has 82 valence electrons. The molecular formula is C10H16N4O.